The van der Waals surface area contributed by atoms with Crippen molar-refractivity contribution in [3.8, 4) is 23.0 Å². The molecular weight excluding hydrogens is 587 g/mol. The van der Waals surface area contributed by atoms with Crippen molar-refractivity contribution >= 4 is 39.5 Å². The molecule has 0 radical (unpaired) electrons. The molecule has 3 aromatic rings. The van der Waals surface area contributed by atoms with Gasteiger partial charge in [0.2, 0.25) is 0 Å². The Morgan fingerprint density at radius 2 is 1.24 bits per heavy atom. The first-order valence-electron chi connectivity index (χ1n) is 10.9. The molecule has 0 N–H and O–H groups in total. The summed E-state index contributed by atoms with van der Waals surface area (Å²) in [4.78, 5) is 23.3. The molecule has 0 aliphatic heterocycles. The fourth-order valence-corrected chi connectivity index (χ4v) is 4.09. The molecule has 0 aromatic heterocycles. The van der Waals surface area contributed by atoms with Crippen LogP contribution in [0.5, 0.6) is 23.0 Å². The summed E-state index contributed by atoms with van der Waals surface area (Å²) < 4.78 is 44.8. The van der Waals surface area contributed by atoms with Crippen molar-refractivity contribution in [2.45, 2.75) is 6.42 Å². The van der Waals surface area contributed by atoms with Crippen molar-refractivity contribution in [2.24, 2.45) is 0 Å². The van der Waals surface area contributed by atoms with Crippen LogP contribution in [0.1, 0.15) is 31.8 Å². The minimum absolute atomic E-state index is 0.0446. The molecule has 204 valence electrons. The molecule has 0 spiro atoms. The Morgan fingerprint density at radius 1 is 0.737 bits per heavy atom. The highest BCUT2D eigenvalue weighted by Crippen LogP contribution is 2.34. The summed E-state index contributed by atoms with van der Waals surface area (Å²) >= 11 is 9.09. The molecule has 0 fully saturated rings. The molecule has 0 aliphatic carbocycles. The predicted octanol–water partition coefficient (Wildman–Crippen LogP) is 6.13. The number of halogens is 3. The number of carbonyl (C=O) groups excluding carboxylic acids is 2. The molecule has 0 saturated carbocycles. The Labute approximate surface area is 233 Å². The largest absolute Gasteiger partial charge is 0.496 e. The second kappa shape index (κ2) is 14.4. The van der Waals surface area contributed by atoms with E-state index in [0.29, 0.717) is 44.2 Å². The molecule has 0 saturated heterocycles. The number of hydrogen-bond donors (Lipinski definition) is 0. The van der Waals surface area contributed by atoms with E-state index in [0.717, 1.165) is 0 Å². The third-order valence-electron chi connectivity index (χ3n) is 5.30. The Balaban J connectivity index is 0.000000293. The molecule has 0 heterocycles. The van der Waals surface area contributed by atoms with Gasteiger partial charge in [-0.2, -0.15) is 0 Å². The minimum atomic E-state index is -0.544. The third kappa shape index (κ3) is 7.29. The van der Waals surface area contributed by atoms with Crippen LogP contribution in [0.2, 0.25) is 5.02 Å². The fourth-order valence-electron chi connectivity index (χ4n) is 3.39. The normalized spacial score (nSPS) is 10.0. The average molecular weight is 614 g/mol. The average Bonchev–Trinajstić information content (AvgIpc) is 2.94. The molecule has 38 heavy (non-hydrogen) atoms. The lowest BCUT2D eigenvalue weighted by atomic mass is 10.0. The van der Waals surface area contributed by atoms with Crippen LogP contribution in [-0.2, 0) is 15.9 Å². The van der Waals surface area contributed by atoms with Crippen molar-refractivity contribution in [1.82, 2.24) is 0 Å². The van der Waals surface area contributed by atoms with Crippen molar-refractivity contribution in [1.29, 1.82) is 0 Å². The van der Waals surface area contributed by atoms with Crippen molar-refractivity contribution < 1.29 is 42.4 Å². The van der Waals surface area contributed by atoms with Gasteiger partial charge in [-0.1, -0.05) is 23.7 Å². The van der Waals surface area contributed by atoms with Crippen molar-refractivity contribution in [3.63, 3.8) is 0 Å². The van der Waals surface area contributed by atoms with E-state index < -0.39 is 17.8 Å². The fraction of sp³-hybridized carbons (Fsp3) is 0.259. The second-order valence-electron chi connectivity index (χ2n) is 7.42. The molecule has 3 rings (SSSR count). The van der Waals surface area contributed by atoms with Gasteiger partial charge in [-0.15, -0.1) is 0 Å². The molecular formula is C27H27BrClFO8. The number of methoxy groups -OCH3 is 6. The van der Waals surface area contributed by atoms with Crippen LogP contribution in [0.25, 0.3) is 0 Å². The lowest BCUT2D eigenvalue weighted by molar-refractivity contribution is 0.0587. The lowest BCUT2D eigenvalue weighted by Crippen LogP contribution is -2.07. The summed E-state index contributed by atoms with van der Waals surface area (Å²) in [6.07, 6.45) is 0.212. The van der Waals surface area contributed by atoms with Crippen molar-refractivity contribution in [2.75, 3.05) is 42.7 Å². The zero-order valence-corrected chi connectivity index (χ0v) is 24.0. The van der Waals surface area contributed by atoms with Gasteiger partial charge in [0.25, 0.3) is 0 Å². The van der Waals surface area contributed by atoms with Crippen LogP contribution in [0.4, 0.5) is 4.39 Å². The summed E-state index contributed by atoms with van der Waals surface area (Å²) in [5, 5.41) is 0.0446. The molecule has 0 unspecified atom stereocenters. The Morgan fingerprint density at radius 3 is 1.74 bits per heavy atom. The van der Waals surface area contributed by atoms with Crippen LogP contribution >= 0.6 is 27.5 Å². The maximum atomic E-state index is 14.1. The summed E-state index contributed by atoms with van der Waals surface area (Å²) in [6.45, 7) is 0. The van der Waals surface area contributed by atoms with E-state index in [1.807, 2.05) is 0 Å². The minimum Gasteiger partial charge on any atom is -0.496 e. The van der Waals surface area contributed by atoms with Gasteiger partial charge in [0.1, 0.15) is 39.9 Å². The predicted molar refractivity (Wildman–Crippen MR) is 144 cm³/mol. The van der Waals surface area contributed by atoms with Crippen LogP contribution in [0.3, 0.4) is 0 Å². The third-order valence-corrected chi connectivity index (χ3v) is 6.21. The second-order valence-corrected chi connectivity index (χ2v) is 8.69. The Bertz CT molecular complexity index is 1300. The number of benzene rings is 3. The summed E-state index contributed by atoms with van der Waals surface area (Å²) in [5.41, 5.74) is 1.62. The first kappa shape index (κ1) is 30.7. The van der Waals surface area contributed by atoms with E-state index in [1.165, 1.54) is 48.7 Å². The summed E-state index contributed by atoms with van der Waals surface area (Å²) in [6, 6.07) is 11.1. The monoisotopic (exact) mass is 612 g/mol. The topological polar surface area (TPSA) is 89.5 Å². The zero-order chi connectivity index (χ0) is 28.4. The van der Waals surface area contributed by atoms with E-state index in [4.69, 9.17) is 35.3 Å². The first-order chi connectivity index (χ1) is 18.1. The molecule has 0 aliphatic rings. The van der Waals surface area contributed by atoms with E-state index in [2.05, 4.69) is 20.7 Å². The van der Waals surface area contributed by atoms with Gasteiger partial charge < -0.3 is 28.4 Å². The van der Waals surface area contributed by atoms with Gasteiger partial charge in [-0.3, -0.25) is 0 Å². The zero-order valence-electron chi connectivity index (χ0n) is 21.6. The van der Waals surface area contributed by atoms with Crippen LogP contribution < -0.4 is 18.9 Å². The van der Waals surface area contributed by atoms with Crippen LogP contribution in [0.15, 0.2) is 46.9 Å². The lowest BCUT2D eigenvalue weighted by Gasteiger charge is -2.14. The van der Waals surface area contributed by atoms with E-state index in [1.54, 1.807) is 36.4 Å². The molecule has 0 atom stereocenters. The summed E-state index contributed by atoms with van der Waals surface area (Å²) in [7, 11) is 8.55. The van der Waals surface area contributed by atoms with E-state index >= 15 is 0 Å². The maximum Gasteiger partial charge on any atom is 0.341 e. The summed E-state index contributed by atoms with van der Waals surface area (Å²) in [5.74, 6) is 0.332. The molecule has 3 aromatic carbocycles. The van der Waals surface area contributed by atoms with Gasteiger partial charge in [-0.05, 0) is 45.3 Å². The Kier molecular flexibility index (Phi) is 11.7. The highest BCUT2D eigenvalue weighted by molar-refractivity contribution is 9.10. The van der Waals surface area contributed by atoms with E-state index in [-0.39, 0.29) is 17.0 Å². The SMILES string of the molecule is COC(=O)c1cc(Br)c(OC)cc1OC.COC(=O)c1cc(Cc2cccc(Cl)c2F)c(OC)cc1OC. The smallest absolute Gasteiger partial charge is 0.341 e. The van der Waals surface area contributed by atoms with Gasteiger partial charge in [0.15, 0.2) is 0 Å². The highest BCUT2D eigenvalue weighted by Gasteiger charge is 2.19. The number of ether oxygens (including phenoxy) is 6. The molecule has 0 amide bonds. The molecule has 8 nitrogen and oxygen atoms in total. The van der Waals surface area contributed by atoms with Crippen molar-refractivity contribution in [3.05, 3.63) is 80.0 Å². The number of carbonyl (C=O) groups is 2. The van der Waals surface area contributed by atoms with Crippen LogP contribution in [-0.4, -0.2) is 54.6 Å². The van der Waals surface area contributed by atoms with Gasteiger partial charge >= 0.3 is 11.9 Å². The van der Waals surface area contributed by atoms with Gasteiger partial charge in [-0.25, -0.2) is 14.0 Å². The van der Waals surface area contributed by atoms with Crippen LogP contribution in [0, 0.1) is 5.82 Å². The van der Waals surface area contributed by atoms with Gasteiger partial charge in [0, 0.05) is 18.6 Å². The first-order valence-corrected chi connectivity index (χ1v) is 12.1. The Hall–Kier alpha value is -3.50. The number of hydrogen-bond acceptors (Lipinski definition) is 8. The van der Waals surface area contributed by atoms with Gasteiger partial charge in [0.05, 0.1) is 52.2 Å². The molecule has 11 heteroatoms. The number of rotatable bonds is 8. The highest BCUT2D eigenvalue weighted by atomic mass is 79.9. The van der Waals surface area contributed by atoms with E-state index in [9.17, 15) is 14.0 Å². The maximum absolute atomic E-state index is 14.1. The standard InChI is InChI=1S/C17H16ClFO4.C10H11BrO4/c1-21-14-9-15(22-2)12(17(20)23-3)8-11(14)7-10-5-4-6-13(18)16(10)19;1-13-8-5-9(14-2)7(11)4-6(8)10(12)15-3/h4-6,8-9H,7H2,1-3H3;4-5H,1-3H3. The number of esters is 2. The quantitative estimate of drug-likeness (QED) is 0.281. The molecule has 0 bridgehead atoms.